The monoisotopic (exact) mass is 309 g/mol. The highest BCUT2D eigenvalue weighted by molar-refractivity contribution is 6.30. The van der Waals surface area contributed by atoms with Gasteiger partial charge in [-0.05, 0) is 23.8 Å². The number of hydrogen-bond donors (Lipinski definition) is 3. The molecule has 0 bridgehead atoms. The third kappa shape index (κ3) is 3.90. The third-order valence-electron chi connectivity index (χ3n) is 2.43. The van der Waals surface area contributed by atoms with Crippen molar-refractivity contribution in [2.24, 2.45) is 0 Å². The van der Waals surface area contributed by atoms with Gasteiger partial charge in [0.25, 0.3) is 0 Å². The Kier molecular flexibility index (Phi) is 4.34. The minimum absolute atomic E-state index is 0.0454. The maximum atomic E-state index is 13.0. The number of carboxylic acid groups (broad SMARTS) is 1. The maximum absolute atomic E-state index is 13.0. The van der Waals surface area contributed by atoms with Crippen molar-refractivity contribution in [3.05, 3.63) is 52.4 Å². The molecule has 3 N–H and O–H groups in total. The van der Waals surface area contributed by atoms with Crippen LogP contribution >= 0.6 is 11.6 Å². The number of carboxylic acids is 1. The molecule has 0 atom stereocenters. The number of benzene rings is 1. The van der Waals surface area contributed by atoms with Crippen molar-refractivity contribution in [2.45, 2.75) is 0 Å². The van der Waals surface area contributed by atoms with E-state index < -0.39 is 17.7 Å². The molecule has 8 heteroatoms. The second kappa shape index (κ2) is 6.19. The van der Waals surface area contributed by atoms with Gasteiger partial charge in [-0.25, -0.2) is 9.18 Å². The van der Waals surface area contributed by atoms with Crippen LogP contribution in [0.3, 0.4) is 0 Å². The van der Waals surface area contributed by atoms with Crippen LogP contribution in [0.25, 0.3) is 6.08 Å². The van der Waals surface area contributed by atoms with E-state index in [1.807, 2.05) is 0 Å². The number of carbonyl (C=O) groups is 2. The highest BCUT2D eigenvalue weighted by atomic mass is 35.5. The third-order valence-corrected chi connectivity index (χ3v) is 2.72. The van der Waals surface area contributed by atoms with Crippen molar-refractivity contribution in [2.75, 3.05) is 5.32 Å². The summed E-state index contributed by atoms with van der Waals surface area (Å²) in [5, 5.41) is 16.9. The Labute approximate surface area is 123 Å². The summed E-state index contributed by atoms with van der Waals surface area (Å²) in [6.07, 6.45) is 2.63. The van der Waals surface area contributed by atoms with Gasteiger partial charge in [0.15, 0.2) is 5.82 Å². The number of halogens is 2. The van der Waals surface area contributed by atoms with Gasteiger partial charge in [0.2, 0.25) is 5.91 Å². The predicted molar refractivity (Wildman–Crippen MR) is 74.6 cm³/mol. The first-order chi connectivity index (χ1) is 9.95. The number of aromatic amines is 1. The Morgan fingerprint density at radius 2 is 2.14 bits per heavy atom. The molecule has 1 amide bonds. The van der Waals surface area contributed by atoms with Gasteiger partial charge < -0.3 is 10.4 Å². The molecule has 0 spiro atoms. The topological polar surface area (TPSA) is 95.1 Å². The van der Waals surface area contributed by atoms with Crippen molar-refractivity contribution in [1.82, 2.24) is 10.2 Å². The molecular formula is C13H9ClFN3O3. The molecule has 0 saturated heterocycles. The molecule has 2 aromatic rings. The summed E-state index contributed by atoms with van der Waals surface area (Å²) >= 11 is 5.61. The smallest absolute Gasteiger partial charge is 0.353 e. The number of nitrogens with one attached hydrogen (secondary N) is 2. The molecule has 21 heavy (non-hydrogen) atoms. The second-order valence-corrected chi connectivity index (χ2v) is 4.38. The summed E-state index contributed by atoms with van der Waals surface area (Å²) in [6, 6.07) is 5.20. The first kappa shape index (κ1) is 14.7. The van der Waals surface area contributed by atoms with Crippen molar-refractivity contribution in [3.8, 4) is 0 Å². The van der Waals surface area contributed by atoms with Gasteiger partial charge in [-0.3, -0.25) is 9.89 Å². The number of hydrogen-bond acceptors (Lipinski definition) is 3. The molecule has 0 fully saturated rings. The molecule has 0 aliphatic carbocycles. The number of carbonyl (C=O) groups excluding carboxylic acids is 1. The van der Waals surface area contributed by atoms with Gasteiger partial charge in [-0.15, -0.1) is 0 Å². The average Bonchev–Trinajstić information content (AvgIpc) is 2.89. The molecule has 1 aromatic carbocycles. The Morgan fingerprint density at radius 3 is 2.76 bits per heavy atom. The molecule has 0 aliphatic rings. The fourth-order valence-corrected chi connectivity index (χ4v) is 1.64. The number of aromatic nitrogens is 2. The summed E-state index contributed by atoms with van der Waals surface area (Å²) in [7, 11) is 0. The van der Waals surface area contributed by atoms with E-state index in [1.54, 1.807) is 0 Å². The van der Waals surface area contributed by atoms with E-state index in [0.717, 1.165) is 0 Å². The summed E-state index contributed by atoms with van der Waals surface area (Å²) in [5.41, 5.74) is 0.407. The van der Waals surface area contributed by atoms with Gasteiger partial charge in [-0.1, -0.05) is 17.7 Å². The maximum Gasteiger partial charge on any atom is 0.353 e. The molecule has 108 valence electrons. The number of rotatable bonds is 4. The lowest BCUT2D eigenvalue weighted by Gasteiger charge is -1.97. The van der Waals surface area contributed by atoms with Gasteiger partial charge in [0.05, 0.1) is 5.02 Å². The molecular weight excluding hydrogens is 301 g/mol. The lowest BCUT2D eigenvalue weighted by Crippen LogP contribution is -2.07. The van der Waals surface area contributed by atoms with Crippen molar-refractivity contribution < 1.29 is 19.1 Å². The Bertz CT molecular complexity index is 727. The summed E-state index contributed by atoms with van der Waals surface area (Å²) in [5.74, 6) is -2.16. The minimum Gasteiger partial charge on any atom is -0.477 e. The molecule has 2 rings (SSSR count). The second-order valence-electron chi connectivity index (χ2n) is 3.97. The summed E-state index contributed by atoms with van der Waals surface area (Å²) in [4.78, 5) is 22.2. The van der Waals surface area contributed by atoms with Gasteiger partial charge >= 0.3 is 5.97 Å². The molecule has 1 aromatic heterocycles. The number of amides is 1. The minimum atomic E-state index is -1.18. The quantitative estimate of drug-likeness (QED) is 0.756. The van der Waals surface area contributed by atoms with E-state index in [2.05, 4.69) is 15.5 Å². The fraction of sp³-hybridized carbons (Fsp3) is 0. The highest BCUT2D eigenvalue weighted by Crippen LogP contribution is 2.16. The average molecular weight is 310 g/mol. The van der Waals surface area contributed by atoms with E-state index in [0.29, 0.717) is 5.56 Å². The summed E-state index contributed by atoms with van der Waals surface area (Å²) in [6.45, 7) is 0. The number of nitrogens with zero attached hydrogens (tertiary/aromatic N) is 1. The van der Waals surface area contributed by atoms with Crippen LogP contribution in [0.1, 0.15) is 16.1 Å². The zero-order valence-electron chi connectivity index (χ0n) is 10.4. The normalized spacial score (nSPS) is 10.8. The molecule has 1 heterocycles. The SMILES string of the molecule is O=C(C=Cc1ccc(F)c(Cl)c1)Nc1cc(C(=O)O)[nH]n1. The van der Waals surface area contributed by atoms with Crippen LogP contribution in [0.4, 0.5) is 10.2 Å². The number of aromatic carboxylic acids is 1. The zero-order valence-corrected chi connectivity index (χ0v) is 11.2. The van der Waals surface area contributed by atoms with Gasteiger partial charge in [0, 0.05) is 12.1 Å². The van der Waals surface area contributed by atoms with Crippen LogP contribution in [0.2, 0.25) is 5.02 Å². The van der Waals surface area contributed by atoms with E-state index in [9.17, 15) is 14.0 Å². The highest BCUT2D eigenvalue weighted by Gasteiger charge is 2.08. The van der Waals surface area contributed by atoms with Gasteiger partial charge in [0.1, 0.15) is 11.5 Å². The van der Waals surface area contributed by atoms with Crippen molar-refractivity contribution in [3.63, 3.8) is 0 Å². The standard InChI is InChI=1S/C13H9ClFN3O3/c14-8-5-7(1-3-9(8)15)2-4-12(19)16-11-6-10(13(20)21)17-18-11/h1-6H,(H,20,21)(H2,16,17,18,19). The number of H-pyrrole nitrogens is 1. The van der Waals surface area contributed by atoms with Crippen molar-refractivity contribution in [1.29, 1.82) is 0 Å². The van der Waals surface area contributed by atoms with Crippen LogP contribution in [0.15, 0.2) is 30.3 Å². The molecule has 0 saturated carbocycles. The van der Waals surface area contributed by atoms with E-state index in [1.165, 1.54) is 36.4 Å². The van der Waals surface area contributed by atoms with E-state index in [-0.39, 0.29) is 16.5 Å². The van der Waals surface area contributed by atoms with Crippen molar-refractivity contribution >= 4 is 35.4 Å². The largest absolute Gasteiger partial charge is 0.477 e. The zero-order chi connectivity index (χ0) is 15.4. The predicted octanol–water partition coefficient (Wildman–Crippen LogP) is 2.55. The number of anilines is 1. The Hall–Kier alpha value is -2.67. The Balaban J connectivity index is 2.01. The van der Waals surface area contributed by atoms with E-state index >= 15 is 0 Å². The molecule has 6 nitrogen and oxygen atoms in total. The van der Waals surface area contributed by atoms with Gasteiger partial charge in [-0.2, -0.15) is 5.10 Å². The lowest BCUT2D eigenvalue weighted by atomic mass is 10.2. The molecule has 0 unspecified atom stereocenters. The summed E-state index contributed by atoms with van der Waals surface area (Å²) < 4.78 is 13.0. The van der Waals surface area contributed by atoms with Crippen LogP contribution in [0, 0.1) is 5.82 Å². The van der Waals surface area contributed by atoms with Crippen LogP contribution < -0.4 is 5.32 Å². The van der Waals surface area contributed by atoms with E-state index in [4.69, 9.17) is 16.7 Å². The first-order valence-corrected chi connectivity index (χ1v) is 6.06. The Morgan fingerprint density at radius 1 is 1.38 bits per heavy atom. The van der Waals surface area contributed by atoms with Crippen LogP contribution in [0.5, 0.6) is 0 Å². The molecule has 0 aliphatic heterocycles. The van der Waals surface area contributed by atoms with Crippen LogP contribution in [-0.4, -0.2) is 27.2 Å². The first-order valence-electron chi connectivity index (χ1n) is 5.68. The lowest BCUT2D eigenvalue weighted by molar-refractivity contribution is -0.111. The molecule has 0 radical (unpaired) electrons. The van der Waals surface area contributed by atoms with Crippen LogP contribution in [-0.2, 0) is 4.79 Å². The fourth-order valence-electron chi connectivity index (χ4n) is 1.45.